The predicted octanol–water partition coefficient (Wildman–Crippen LogP) is 2.17. The highest BCUT2D eigenvalue weighted by atomic mass is 35.5. The normalized spacial score (nSPS) is 17.4. The standard InChI is InChI=1S/C13H13Cl2N3O2/c14-8-1-2-9(20)12(13(8)15)7-5-11-17-16-10(3-4-19)18(11)6-7/h1-2,7,19-20H,3-6H2/t7-/m1/s1. The molecule has 0 spiro atoms. The van der Waals surface area contributed by atoms with E-state index in [1.54, 1.807) is 12.1 Å². The van der Waals surface area contributed by atoms with Crippen LogP contribution in [0.5, 0.6) is 5.75 Å². The quantitative estimate of drug-likeness (QED) is 0.911. The Morgan fingerprint density at radius 2 is 2.10 bits per heavy atom. The van der Waals surface area contributed by atoms with Crippen LogP contribution in [0, 0.1) is 0 Å². The second-order valence-electron chi connectivity index (χ2n) is 4.81. The molecule has 0 aliphatic carbocycles. The number of phenolic OH excluding ortho intramolecular Hbond substituents is 1. The van der Waals surface area contributed by atoms with Gasteiger partial charge in [0, 0.05) is 30.9 Å². The number of halogens is 2. The summed E-state index contributed by atoms with van der Waals surface area (Å²) < 4.78 is 1.97. The minimum absolute atomic E-state index is 0.0177. The van der Waals surface area contributed by atoms with E-state index in [1.165, 1.54) is 0 Å². The Bertz CT molecular complexity index is 657. The molecule has 2 aromatic rings. The zero-order chi connectivity index (χ0) is 14.3. The summed E-state index contributed by atoms with van der Waals surface area (Å²) in [6.45, 7) is 0.664. The van der Waals surface area contributed by atoms with Crippen molar-refractivity contribution < 1.29 is 10.2 Å². The van der Waals surface area contributed by atoms with Gasteiger partial charge in [-0.15, -0.1) is 10.2 Å². The van der Waals surface area contributed by atoms with E-state index in [0.717, 1.165) is 11.6 Å². The Morgan fingerprint density at radius 3 is 2.85 bits per heavy atom. The number of aromatic hydroxyl groups is 1. The first-order valence-electron chi connectivity index (χ1n) is 6.30. The number of aromatic nitrogens is 3. The summed E-state index contributed by atoms with van der Waals surface area (Å²) in [7, 11) is 0. The van der Waals surface area contributed by atoms with Crippen molar-refractivity contribution in [3.8, 4) is 5.75 Å². The third kappa shape index (κ3) is 2.16. The van der Waals surface area contributed by atoms with Gasteiger partial charge in [0.1, 0.15) is 17.4 Å². The molecular formula is C13H13Cl2N3O2. The number of benzene rings is 1. The van der Waals surface area contributed by atoms with E-state index in [-0.39, 0.29) is 18.3 Å². The van der Waals surface area contributed by atoms with Crippen LogP contribution in [0.3, 0.4) is 0 Å². The van der Waals surface area contributed by atoms with Gasteiger partial charge in [0.15, 0.2) is 0 Å². The number of aliphatic hydroxyl groups excluding tert-OH is 1. The maximum Gasteiger partial charge on any atom is 0.135 e. The molecule has 7 heteroatoms. The number of nitrogens with zero attached hydrogens (tertiary/aromatic N) is 3. The van der Waals surface area contributed by atoms with Crippen molar-refractivity contribution in [1.82, 2.24) is 14.8 Å². The monoisotopic (exact) mass is 313 g/mol. The molecule has 0 saturated carbocycles. The molecular weight excluding hydrogens is 301 g/mol. The number of hydrogen-bond donors (Lipinski definition) is 2. The average molecular weight is 314 g/mol. The van der Waals surface area contributed by atoms with Crippen molar-refractivity contribution in [1.29, 1.82) is 0 Å². The lowest BCUT2D eigenvalue weighted by Gasteiger charge is -2.14. The molecule has 1 aromatic heterocycles. The molecule has 20 heavy (non-hydrogen) atoms. The summed E-state index contributed by atoms with van der Waals surface area (Å²) in [6.07, 6.45) is 1.11. The van der Waals surface area contributed by atoms with Gasteiger partial charge >= 0.3 is 0 Å². The predicted molar refractivity (Wildman–Crippen MR) is 75.4 cm³/mol. The number of aliphatic hydroxyl groups is 1. The van der Waals surface area contributed by atoms with Gasteiger partial charge in [0.05, 0.1) is 16.7 Å². The molecule has 2 heterocycles. The Morgan fingerprint density at radius 1 is 1.30 bits per heavy atom. The molecule has 1 aromatic carbocycles. The lowest BCUT2D eigenvalue weighted by molar-refractivity contribution is 0.294. The molecule has 0 bridgehead atoms. The molecule has 2 N–H and O–H groups in total. The summed E-state index contributed by atoms with van der Waals surface area (Å²) >= 11 is 12.2. The lowest BCUT2D eigenvalue weighted by atomic mass is 9.96. The molecule has 106 valence electrons. The van der Waals surface area contributed by atoms with Crippen molar-refractivity contribution in [2.75, 3.05) is 6.61 Å². The largest absolute Gasteiger partial charge is 0.508 e. The fourth-order valence-corrected chi connectivity index (χ4v) is 3.14. The van der Waals surface area contributed by atoms with E-state index in [2.05, 4.69) is 10.2 Å². The van der Waals surface area contributed by atoms with Crippen molar-refractivity contribution in [3.63, 3.8) is 0 Å². The van der Waals surface area contributed by atoms with E-state index in [4.69, 9.17) is 28.3 Å². The fraction of sp³-hybridized carbons (Fsp3) is 0.385. The first kappa shape index (κ1) is 13.7. The SMILES string of the molecule is OCCc1nnc2n1C[C@H](c1c(O)ccc(Cl)c1Cl)C2. The van der Waals surface area contributed by atoms with Crippen molar-refractivity contribution in [2.24, 2.45) is 0 Å². The molecule has 0 unspecified atom stereocenters. The number of hydrogen-bond acceptors (Lipinski definition) is 4. The Hall–Kier alpha value is -1.30. The van der Waals surface area contributed by atoms with E-state index in [0.29, 0.717) is 35.0 Å². The van der Waals surface area contributed by atoms with Gasteiger partial charge in [-0.1, -0.05) is 23.2 Å². The zero-order valence-corrected chi connectivity index (χ0v) is 12.1. The van der Waals surface area contributed by atoms with Gasteiger partial charge in [0.2, 0.25) is 0 Å². The van der Waals surface area contributed by atoms with E-state index in [1.807, 2.05) is 4.57 Å². The first-order valence-corrected chi connectivity index (χ1v) is 7.06. The Labute approximate surface area is 125 Å². The third-order valence-electron chi connectivity index (χ3n) is 3.59. The molecule has 1 atom stereocenters. The lowest BCUT2D eigenvalue weighted by Crippen LogP contribution is -2.07. The third-order valence-corrected chi connectivity index (χ3v) is 4.41. The molecule has 0 amide bonds. The van der Waals surface area contributed by atoms with Gasteiger partial charge in [-0.25, -0.2) is 0 Å². The Balaban J connectivity index is 1.94. The Kier molecular flexibility index (Phi) is 3.58. The minimum Gasteiger partial charge on any atom is -0.508 e. The number of phenols is 1. The van der Waals surface area contributed by atoms with E-state index >= 15 is 0 Å². The number of fused-ring (bicyclic) bond motifs is 1. The van der Waals surface area contributed by atoms with Crippen LogP contribution in [0.15, 0.2) is 12.1 Å². The minimum atomic E-state index is 0.0177. The van der Waals surface area contributed by atoms with Crippen LogP contribution in [0.1, 0.15) is 23.1 Å². The van der Waals surface area contributed by atoms with Crippen LogP contribution in [-0.2, 0) is 19.4 Å². The molecule has 0 saturated heterocycles. The van der Waals surface area contributed by atoms with Gasteiger partial charge in [-0.05, 0) is 12.1 Å². The van der Waals surface area contributed by atoms with Crippen LogP contribution in [0.25, 0.3) is 0 Å². The number of rotatable bonds is 3. The van der Waals surface area contributed by atoms with Gasteiger partial charge in [0.25, 0.3) is 0 Å². The summed E-state index contributed by atoms with van der Waals surface area (Å²) in [4.78, 5) is 0. The van der Waals surface area contributed by atoms with Crippen LogP contribution in [0.2, 0.25) is 10.0 Å². The summed E-state index contributed by atoms with van der Waals surface area (Å²) in [6, 6.07) is 3.13. The van der Waals surface area contributed by atoms with E-state index in [9.17, 15) is 5.11 Å². The van der Waals surface area contributed by atoms with Crippen molar-refractivity contribution in [3.05, 3.63) is 39.4 Å². The second kappa shape index (κ2) is 5.24. The maximum absolute atomic E-state index is 10.0. The molecule has 3 rings (SSSR count). The van der Waals surface area contributed by atoms with Crippen LogP contribution in [-0.4, -0.2) is 31.6 Å². The fourth-order valence-electron chi connectivity index (χ4n) is 2.66. The highest BCUT2D eigenvalue weighted by Gasteiger charge is 2.30. The highest BCUT2D eigenvalue weighted by Crippen LogP contribution is 2.41. The van der Waals surface area contributed by atoms with Crippen LogP contribution in [0.4, 0.5) is 0 Å². The second-order valence-corrected chi connectivity index (χ2v) is 5.60. The zero-order valence-electron chi connectivity index (χ0n) is 10.6. The maximum atomic E-state index is 10.0. The van der Waals surface area contributed by atoms with Gasteiger partial charge in [-0.3, -0.25) is 0 Å². The smallest absolute Gasteiger partial charge is 0.135 e. The molecule has 0 radical (unpaired) electrons. The summed E-state index contributed by atoms with van der Waals surface area (Å²) in [5.41, 5.74) is 0.652. The topological polar surface area (TPSA) is 71.2 Å². The van der Waals surface area contributed by atoms with Crippen molar-refractivity contribution >= 4 is 23.2 Å². The molecule has 1 aliphatic rings. The van der Waals surface area contributed by atoms with Crippen LogP contribution < -0.4 is 0 Å². The highest BCUT2D eigenvalue weighted by molar-refractivity contribution is 6.42. The van der Waals surface area contributed by atoms with Crippen molar-refractivity contribution in [2.45, 2.75) is 25.3 Å². The summed E-state index contributed by atoms with van der Waals surface area (Å²) in [5.74, 6) is 1.76. The van der Waals surface area contributed by atoms with E-state index < -0.39 is 0 Å². The van der Waals surface area contributed by atoms with Gasteiger partial charge in [-0.2, -0.15) is 0 Å². The average Bonchev–Trinajstić information content (AvgIpc) is 2.97. The van der Waals surface area contributed by atoms with Gasteiger partial charge < -0.3 is 14.8 Å². The summed E-state index contributed by atoms with van der Waals surface area (Å²) in [5, 5.41) is 28.0. The molecule has 5 nitrogen and oxygen atoms in total. The molecule has 1 aliphatic heterocycles. The first-order chi connectivity index (χ1) is 9.61. The van der Waals surface area contributed by atoms with Crippen LogP contribution >= 0.6 is 23.2 Å². The molecule has 0 fully saturated rings.